The van der Waals surface area contributed by atoms with E-state index in [0.29, 0.717) is 5.69 Å². The monoisotopic (exact) mass is 206 g/mol. The summed E-state index contributed by atoms with van der Waals surface area (Å²) in [5.41, 5.74) is -1.43. The van der Waals surface area contributed by atoms with Crippen molar-refractivity contribution in [2.45, 2.75) is 19.5 Å². The minimum Gasteiger partial charge on any atom is -0.323 e. The molecule has 1 aromatic heterocycles. The molecule has 0 bridgehead atoms. The van der Waals surface area contributed by atoms with Gasteiger partial charge in [0.15, 0.2) is 0 Å². The maximum atomic E-state index is 13.1. The molecule has 1 radical (unpaired) electrons. The first-order valence-electron chi connectivity index (χ1n) is 3.39. The molecule has 2 nitrogen and oxygen atoms in total. The maximum Gasteiger partial charge on any atom is 0.248 e. The maximum absolute atomic E-state index is 13.1. The number of H-pyrrole nitrogens is 1. The Balaban J connectivity index is 0.00000121. The molecule has 0 saturated heterocycles. The number of hydrogen-bond donors (Lipinski definition) is 1. The number of rotatable bonds is 1. The summed E-state index contributed by atoms with van der Waals surface area (Å²) >= 11 is 0. The molecule has 0 aliphatic carbocycles. The summed E-state index contributed by atoms with van der Waals surface area (Å²) in [7, 11) is 0. The van der Waals surface area contributed by atoms with Gasteiger partial charge in [-0.2, -0.15) is 0 Å². The SMILES string of the molecule is CC(C)(F)c1cccc(=O)[nH]1.[V]. The molecule has 12 heavy (non-hydrogen) atoms. The molecule has 0 aliphatic heterocycles. The number of aromatic nitrogens is 1. The van der Waals surface area contributed by atoms with Crippen molar-refractivity contribution in [3.63, 3.8) is 0 Å². The van der Waals surface area contributed by atoms with Crippen LogP contribution in [0.3, 0.4) is 0 Å². The Hall–Kier alpha value is -0.536. The number of aromatic amines is 1. The van der Waals surface area contributed by atoms with Crippen molar-refractivity contribution in [1.82, 2.24) is 4.98 Å². The summed E-state index contributed by atoms with van der Waals surface area (Å²) in [5, 5.41) is 0. The van der Waals surface area contributed by atoms with Crippen LogP contribution in [0.2, 0.25) is 0 Å². The average Bonchev–Trinajstić information content (AvgIpc) is 1.86. The standard InChI is InChI=1S/C8H10FNO.V/c1-8(2,9)6-4-3-5-7(11)10-6;/h3-5H,1-2H3,(H,10,11);. The Morgan fingerprint density at radius 2 is 2.00 bits per heavy atom. The van der Waals surface area contributed by atoms with E-state index in [4.69, 9.17) is 0 Å². The van der Waals surface area contributed by atoms with E-state index in [1.54, 1.807) is 6.07 Å². The largest absolute Gasteiger partial charge is 0.323 e. The third kappa shape index (κ3) is 2.84. The smallest absolute Gasteiger partial charge is 0.248 e. The van der Waals surface area contributed by atoms with E-state index < -0.39 is 5.67 Å². The number of alkyl halides is 1. The molecule has 0 aromatic carbocycles. The van der Waals surface area contributed by atoms with E-state index in [1.807, 2.05) is 0 Å². The van der Waals surface area contributed by atoms with Gasteiger partial charge in [-0.25, -0.2) is 4.39 Å². The van der Waals surface area contributed by atoms with Crippen molar-refractivity contribution in [3.8, 4) is 0 Å². The van der Waals surface area contributed by atoms with Crippen LogP contribution in [0.4, 0.5) is 4.39 Å². The fourth-order valence-electron chi connectivity index (χ4n) is 0.795. The van der Waals surface area contributed by atoms with Crippen molar-refractivity contribution >= 4 is 0 Å². The quantitative estimate of drug-likeness (QED) is 0.743. The van der Waals surface area contributed by atoms with Crippen molar-refractivity contribution < 1.29 is 22.9 Å². The molecule has 0 amide bonds. The van der Waals surface area contributed by atoms with Gasteiger partial charge in [0.25, 0.3) is 0 Å². The van der Waals surface area contributed by atoms with Gasteiger partial charge in [0.1, 0.15) is 5.67 Å². The van der Waals surface area contributed by atoms with Crippen LogP contribution in [0.15, 0.2) is 23.0 Å². The predicted octanol–water partition coefficient (Wildman–Crippen LogP) is 1.58. The second-order valence-electron chi connectivity index (χ2n) is 2.90. The van der Waals surface area contributed by atoms with Crippen molar-refractivity contribution in [1.29, 1.82) is 0 Å². The van der Waals surface area contributed by atoms with Crippen molar-refractivity contribution in [2.75, 3.05) is 0 Å². The predicted molar refractivity (Wildman–Crippen MR) is 41.2 cm³/mol. The minimum absolute atomic E-state index is 0. The van der Waals surface area contributed by atoms with Crippen LogP contribution in [0.25, 0.3) is 0 Å². The number of hydrogen-bond acceptors (Lipinski definition) is 1. The Morgan fingerprint density at radius 3 is 2.33 bits per heavy atom. The first kappa shape index (κ1) is 11.5. The van der Waals surface area contributed by atoms with E-state index >= 15 is 0 Å². The van der Waals surface area contributed by atoms with Crippen molar-refractivity contribution in [2.24, 2.45) is 0 Å². The Morgan fingerprint density at radius 1 is 1.42 bits per heavy atom. The van der Waals surface area contributed by atoms with Crippen LogP contribution in [0, 0.1) is 0 Å². The van der Waals surface area contributed by atoms with E-state index in [-0.39, 0.29) is 24.1 Å². The van der Waals surface area contributed by atoms with E-state index in [9.17, 15) is 9.18 Å². The van der Waals surface area contributed by atoms with Gasteiger partial charge >= 0.3 is 0 Å². The molecule has 0 unspecified atom stereocenters. The van der Waals surface area contributed by atoms with Crippen LogP contribution in [-0.2, 0) is 24.2 Å². The first-order valence-corrected chi connectivity index (χ1v) is 3.39. The molecular weight excluding hydrogens is 196 g/mol. The molecule has 1 N–H and O–H groups in total. The molecule has 4 heteroatoms. The zero-order valence-electron chi connectivity index (χ0n) is 6.97. The topological polar surface area (TPSA) is 32.9 Å². The molecule has 0 atom stereocenters. The van der Waals surface area contributed by atoms with Crippen LogP contribution in [0.1, 0.15) is 19.5 Å². The van der Waals surface area contributed by atoms with Crippen LogP contribution < -0.4 is 5.56 Å². The molecule has 0 saturated carbocycles. The third-order valence-corrected chi connectivity index (χ3v) is 1.41. The number of pyridine rings is 1. The van der Waals surface area contributed by atoms with Gasteiger partial charge in [0, 0.05) is 24.6 Å². The second kappa shape index (κ2) is 3.92. The number of nitrogens with one attached hydrogen (secondary N) is 1. The van der Waals surface area contributed by atoms with E-state index in [0.717, 1.165) is 0 Å². The fourth-order valence-corrected chi connectivity index (χ4v) is 0.795. The van der Waals surface area contributed by atoms with Gasteiger partial charge in [-0.3, -0.25) is 4.79 Å². The molecular formula is C8H10FNOV. The van der Waals surface area contributed by atoms with Gasteiger partial charge in [-0.15, -0.1) is 0 Å². The summed E-state index contributed by atoms with van der Waals surface area (Å²) in [6.45, 7) is 2.80. The summed E-state index contributed by atoms with van der Waals surface area (Å²) in [5.74, 6) is 0. The molecule has 1 heterocycles. The zero-order chi connectivity index (χ0) is 8.48. The van der Waals surface area contributed by atoms with Gasteiger partial charge in [-0.1, -0.05) is 6.07 Å². The van der Waals surface area contributed by atoms with Gasteiger partial charge in [-0.05, 0) is 19.9 Å². The summed E-state index contributed by atoms with van der Waals surface area (Å²) in [6, 6.07) is 4.45. The summed E-state index contributed by atoms with van der Waals surface area (Å²) in [6.07, 6.45) is 0. The van der Waals surface area contributed by atoms with Gasteiger partial charge < -0.3 is 4.98 Å². The van der Waals surface area contributed by atoms with Crippen LogP contribution in [0.5, 0.6) is 0 Å². The third-order valence-electron chi connectivity index (χ3n) is 1.41. The van der Waals surface area contributed by atoms with Gasteiger partial charge in [0.2, 0.25) is 5.56 Å². The molecule has 0 fully saturated rings. The molecule has 1 aromatic rings. The zero-order valence-corrected chi connectivity index (χ0v) is 8.36. The van der Waals surface area contributed by atoms with Crippen molar-refractivity contribution in [3.05, 3.63) is 34.2 Å². The Kier molecular flexibility index (Phi) is 3.74. The van der Waals surface area contributed by atoms with E-state index in [2.05, 4.69) is 4.98 Å². The molecule has 0 spiro atoms. The van der Waals surface area contributed by atoms with E-state index in [1.165, 1.54) is 26.0 Å². The molecule has 0 aliphatic rings. The first-order chi connectivity index (χ1) is 5.00. The molecule has 65 valence electrons. The minimum atomic E-state index is -1.47. The second-order valence-corrected chi connectivity index (χ2v) is 2.90. The van der Waals surface area contributed by atoms with Crippen LogP contribution >= 0.6 is 0 Å². The average molecular weight is 206 g/mol. The Labute approximate surface area is 82.1 Å². The fraction of sp³-hybridized carbons (Fsp3) is 0.375. The Bertz CT molecular complexity index is 302. The summed E-state index contributed by atoms with van der Waals surface area (Å²) < 4.78 is 13.1. The normalized spacial score (nSPS) is 10.6. The van der Waals surface area contributed by atoms with Gasteiger partial charge in [0.05, 0.1) is 5.69 Å². The van der Waals surface area contributed by atoms with Crippen LogP contribution in [-0.4, -0.2) is 4.98 Å². The molecule has 1 rings (SSSR count). The summed E-state index contributed by atoms with van der Waals surface area (Å²) in [4.78, 5) is 13.1. The number of halogens is 1.